The molecular weight excluding hydrogens is 222 g/mol. The predicted octanol–water partition coefficient (Wildman–Crippen LogP) is 0.245. The van der Waals surface area contributed by atoms with Gasteiger partial charge in [-0.15, -0.1) is 0 Å². The van der Waals surface area contributed by atoms with Gasteiger partial charge in [0.05, 0.1) is 6.42 Å². The normalized spacial score (nSPS) is 20.2. The Balaban J connectivity index is 2.12. The van der Waals surface area contributed by atoms with Crippen molar-refractivity contribution in [3.8, 4) is 0 Å². The molecule has 0 saturated carbocycles. The van der Waals surface area contributed by atoms with Gasteiger partial charge in [-0.2, -0.15) is 0 Å². The van der Waals surface area contributed by atoms with E-state index >= 15 is 0 Å². The number of hydrogen-bond donors (Lipinski definition) is 3. The summed E-state index contributed by atoms with van der Waals surface area (Å²) >= 11 is 0. The molecule has 1 heterocycles. The Labute approximate surface area is 101 Å². The molecule has 0 bridgehead atoms. The van der Waals surface area contributed by atoms with Crippen LogP contribution in [0.1, 0.15) is 26.2 Å². The maximum atomic E-state index is 11.3. The smallest absolute Gasteiger partial charge is 0.314 e. The highest BCUT2D eigenvalue weighted by molar-refractivity contribution is 5.74. The summed E-state index contributed by atoms with van der Waals surface area (Å²) in [4.78, 5) is 23.9. The van der Waals surface area contributed by atoms with Crippen LogP contribution in [0.15, 0.2) is 0 Å². The minimum Gasteiger partial charge on any atom is -0.481 e. The van der Waals surface area contributed by atoms with Crippen molar-refractivity contribution in [2.24, 2.45) is 0 Å². The Morgan fingerprint density at radius 3 is 2.82 bits per heavy atom. The summed E-state index contributed by atoms with van der Waals surface area (Å²) in [6.07, 6.45) is 2.25. The van der Waals surface area contributed by atoms with Crippen LogP contribution in [-0.4, -0.2) is 54.2 Å². The zero-order chi connectivity index (χ0) is 12.7. The fourth-order valence-corrected chi connectivity index (χ4v) is 2.10. The number of carboxylic acids is 1. The number of nitrogens with one attached hydrogen (secondary N) is 2. The Bertz CT molecular complexity index is 271. The van der Waals surface area contributed by atoms with E-state index in [2.05, 4.69) is 22.5 Å². The van der Waals surface area contributed by atoms with Crippen LogP contribution in [0, 0.1) is 0 Å². The first-order valence-corrected chi connectivity index (χ1v) is 6.11. The standard InChI is InChI=1S/C11H21N3O3/c1-2-14-7-3-4-9(14)8-13-11(17)12-6-5-10(15)16/h9H,2-8H2,1H3,(H,15,16)(H2,12,13,17). The monoisotopic (exact) mass is 243 g/mol. The molecule has 6 nitrogen and oxygen atoms in total. The summed E-state index contributed by atoms with van der Waals surface area (Å²) in [5.41, 5.74) is 0. The van der Waals surface area contributed by atoms with Gasteiger partial charge < -0.3 is 15.7 Å². The van der Waals surface area contributed by atoms with Crippen molar-refractivity contribution in [1.82, 2.24) is 15.5 Å². The number of likely N-dealkylation sites (N-methyl/N-ethyl adjacent to an activating group) is 1. The topological polar surface area (TPSA) is 81.7 Å². The summed E-state index contributed by atoms with van der Waals surface area (Å²) in [6.45, 7) is 5.03. The summed E-state index contributed by atoms with van der Waals surface area (Å²) in [5.74, 6) is -0.904. The molecule has 0 aromatic rings. The fraction of sp³-hybridized carbons (Fsp3) is 0.818. The van der Waals surface area contributed by atoms with Crippen LogP contribution in [0.5, 0.6) is 0 Å². The Morgan fingerprint density at radius 1 is 1.41 bits per heavy atom. The van der Waals surface area contributed by atoms with Crippen molar-refractivity contribution in [2.45, 2.75) is 32.2 Å². The first kappa shape index (κ1) is 13.8. The highest BCUT2D eigenvalue weighted by Gasteiger charge is 2.22. The van der Waals surface area contributed by atoms with Crippen LogP contribution >= 0.6 is 0 Å². The molecule has 2 amide bonds. The third kappa shape index (κ3) is 5.04. The van der Waals surface area contributed by atoms with Crippen molar-refractivity contribution in [3.63, 3.8) is 0 Å². The third-order valence-corrected chi connectivity index (χ3v) is 3.03. The lowest BCUT2D eigenvalue weighted by atomic mass is 10.2. The Hall–Kier alpha value is -1.30. The van der Waals surface area contributed by atoms with Crippen LogP contribution in [0.3, 0.4) is 0 Å². The van der Waals surface area contributed by atoms with Gasteiger partial charge in [0.2, 0.25) is 0 Å². The van der Waals surface area contributed by atoms with Gasteiger partial charge in [-0.05, 0) is 25.9 Å². The molecule has 1 aliphatic rings. The van der Waals surface area contributed by atoms with Gasteiger partial charge in [0.1, 0.15) is 0 Å². The van der Waals surface area contributed by atoms with Crippen molar-refractivity contribution >= 4 is 12.0 Å². The van der Waals surface area contributed by atoms with Gasteiger partial charge >= 0.3 is 12.0 Å². The molecule has 0 radical (unpaired) electrons. The van der Waals surface area contributed by atoms with Crippen molar-refractivity contribution < 1.29 is 14.7 Å². The zero-order valence-electron chi connectivity index (χ0n) is 10.2. The maximum Gasteiger partial charge on any atom is 0.314 e. The van der Waals surface area contributed by atoms with Gasteiger partial charge in [-0.1, -0.05) is 6.92 Å². The van der Waals surface area contributed by atoms with E-state index in [0.29, 0.717) is 12.6 Å². The molecule has 6 heteroatoms. The van der Waals surface area contributed by atoms with E-state index in [-0.39, 0.29) is 19.0 Å². The molecule has 1 fully saturated rings. The minimum absolute atomic E-state index is 0.0437. The number of likely N-dealkylation sites (tertiary alicyclic amines) is 1. The van der Waals surface area contributed by atoms with Crippen LogP contribution in [-0.2, 0) is 4.79 Å². The first-order chi connectivity index (χ1) is 8.13. The van der Waals surface area contributed by atoms with Crippen molar-refractivity contribution in [2.75, 3.05) is 26.2 Å². The molecule has 1 aliphatic heterocycles. The number of nitrogens with zero attached hydrogens (tertiary/aromatic N) is 1. The molecule has 0 aromatic carbocycles. The molecule has 3 N–H and O–H groups in total. The number of carbonyl (C=O) groups excluding carboxylic acids is 1. The molecule has 1 atom stereocenters. The summed E-state index contributed by atoms with van der Waals surface area (Å²) < 4.78 is 0. The lowest BCUT2D eigenvalue weighted by Gasteiger charge is -2.22. The second-order valence-corrected chi connectivity index (χ2v) is 4.21. The van der Waals surface area contributed by atoms with E-state index in [0.717, 1.165) is 19.5 Å². The lowest BCUT2D eigenvalue weighted by molar-refractivity contribution is -0.136. The molecular formula is C11H21N3O3. The number of hydrogen-bond acceptors (Lipinski definition) is 3. The van der Waals surface area contributed by atoms with Crippen LogP contribution in [0.25, 0.3) is 0 Å². The summed E-state index contributed by atoms with van der Waals surface area (Å²) in [7, 11) is 0. The van der Waals surface area contributed by atoms with Gasteiger partial charge in [0, 0.05) is 19.1 Å². The fourth-order valence-electron chi connectivity index (χ4n) is 2.10. The maximum absolute atomic E-state index is 11.3. The van der Waals surface area contributed by atoms with E-state index in [9.17, 15) is 9.59 Å². The van der Waals surface area contributed by atoms with E-state index in [4.69, 9.17) is 5.11 Å². The molecule has 0 aliphatic carbocycles. The first-order valence-electron chi connectivity index (χ1n) is 6.11. The van der Waals surface area contributed by atoms with E-state index < -0.39 is 5.97 Å². The number of amides is 2. The minimum atomic E-state index is -0.904. The second kappa shape index (κ2) is 7.11. The quantitative estimate of drug-likeness (QED) is 0.624. The number of carboxylic acid groups (broad SMARTS) is 1. The zero-order valence-corrected chi connectivity index (χ0v) is 10.2. The SMILES string of the molecule is CCN1CCCC1CNC(=O)NCCC(=O)O. The predicted molar refractivity (Wildman–Crippen MR) is 63.9 cm³/mol. The molecule has 98 valence electrons. The molecule has 17 heavy (non-hydrogen) atoms. The van der Waals surface area contributed by atoms with Gasteiger partial charge in [0.25, 0.3) is 0 Å². The summed E-state index contributed by atoms with van der Waals surface area (Å²) in [6, 6.07) is 0.138. The molecule has 1 saturated heterocycles. The molecule has 0 aromatic heterocycles. The van der Waals surface area contributed by atoms with E-state index in [1.807, 2.05) is 0 Å². The Morgan fingerprint density at radius 2 is 2.18 bits per heavy atom. The average Bonchev–Trinajstić information content (AvgIpc) is 2.73. The lowest BCUT2D eigenvalue weighted by Crippen LogP contribution is -2.44. The number of urea groups is 1. The summed E-state index contributed by atoms with van der Waals surface area (Å²) in [5, 5.41) is 13.7. The average molecular weight is 243 g/mol. The van der Waals surface area contributed by atoms with Crippen LogP contribution in [0.4, 0.5) is 4.79 Å². The van der Waals surface area contributed by atoms with Crippen LogP contribution in [0.2, 0.25) is 0 Å². The number of rotatable bonds is 6. The van der Waals surface area contributed by atoms with Crippen LogP contribution < -0.4 is 10.6 Å². The molecule has 1 unspecified atom stereocenters. The third-order valence-electron chi connectivity index (χ3n) is 3.03. The van der Waals surface area contributed by atoms with Crippen molar-refractivity contribution in [3.05, 3.63) is 0 Å². The molecule has 1 rings (SSSR count). The highest BCUT2D eigenvalue weighted by atomic mass is 16.4. The van der Waals surface area contributed by atoms with Gasteiger partial charge in [-0.25, -0.2) is 4.79 Å². The van der Waals surface area contributed by atoms with Gasteiger partial charge in [0.15, 0.2) is 0 Å². The largest absolute Gasteiger partial charge is 0.481 e. The Kier molecular flexibility index (Phi) is 5.76. The highest BCUT2D eigenvalue weighted by Crippen LogP contribution is 2.15. The molecule has 0 spiro atoms. The number of aliphatic carboxylic acids is 1. The van der Waals surface area contributed by atoms with Gasteiger partial charge in [-0.3, -0.25) is 9.69 Å². The van der Waals surface area contributed by atoms with E-state index in [1.54, 1.807) is 0 Å². The van der Waals surface area contributed by atoms with E-state index in [1.165, 1.54) is 6.42 Å². The number of carbonyl (C=O) groups is 2. The second-order valence-electron chi connectivity index (χ2n) is 4.21. The van der Waals surface area contributed by atoms with Crippen molar-refractivity contribution in [1.29, 1.82) is 0 Å².